The van der Waals surface area contributed by atoms with E-state index in [0.717, 1.165) is 24.8 Å². The lowest BCUT2D eigenvalue weighted by Crippen LogP contribution is -2.41. The van der Waals surface area contributed by atoms with Crippen LogP contribution < -0.4 is 5.32 Å². The third-order valence-corrected chi connectivity index (χ3v) is 6.05. The molecule has 0 saturated carbocycles. The molecule has 1 N–H and O–H groups in total. The van der Waals surface area contributed by atoms with E-state index in [4.69, 9.17) is 0 Å². The van der Waals surface area contributed by atoms with Crippen LogP contribution in [0.5, 0.6) is 0 Å². The van der Waals surface area contributed by atoms with E-state index in [1.54, 1.807) is 12.1 Å². The van der Waals surface area contributed by atoms with Crippen molar-refractivity contribution < 1.29 is 18.0 Å². The summed E-state index contributed by atoms with van der Waals surface area (Å²) < 4.78 is 24.8. The first-order valence-corrected chi connectivity index (χ1v) is 9.47. The van der Waals surface area contributed by atoms with Crippen LogP contribution in [0.1, 0.15) is 24.0 Å². The highest BCUT2D eigenvalue weighted by Crippen LogP contribution is 2.25. The molecule has 2 aliphatic rings. The van der Waals surface area contributed by atoms with Gasteiger partial charge in [-0.3, -0.25) is 19.8 Å². The standard InChI is InChI=1S/C16H19N3O4S/c1-19-15(21)10-17-16(19)18-14(20)7-8-24(22,23)13-6-5-11-3-2-4-12(11)9-13/h5-6,9H,2-4,7-8,10H2,1H3,(H,17,18,20). The van der Waals surface area contributed by atoms with E-state index in [0.29, 0.717) is 0 Å². The van der Waals surface area contributed by atoms with E-state index in [-0.39, 0.29) is 35.5 Å². The van der Waals surface area contributed by atoms with Crippen molar-refractivity contribution in [3.8, 4) is 0 Å². The summed E-state index contributed by atoms with van der Waals surface area (Å²) >= 11 is 0. The van der Waals surface area contributed by atoms with Crippen LogP contribution in [-0.4, -0.2) is 50.4 Å². The molecule has 8 heteroatoms. The molecule has 0 bridgehead atoms. The summed E-state index contributed by atoms with van der Waals surface area (Å²) in [6.07, 6.45) is 2.77. The number of nitrogens with zero attached hydrogens (tertiary/aromatic N) is 2. The number of hydrogen-bond acceptors (Lipinski definition) is 5. The summed E-state index contributed by atoms with van der Waals surface area (Å²) in [5.41, 5.74) is 2.29. The molecular weight excluding hydrogens is 330 g/mol. The molecule has 1 aliphatic carbocycles. The molecule has 0 unspecified atom stereocenters. The third kappa shape index (κ3) is 3.33. The zero-order chi connectivity index (χ0) is 17.3. The van der Waals surface area contributed by atoms with Crippen molar-refractivity contribution in [2.24, 2.45) is 4.99 Å². The van der Waals surface area contributed by atoms with Gasteiger partial charge in [0.25, 0.3) is 5.91 Å². The van der Waals surface area contributed by atoms with E-state index in [9.17, 15) is 18.0 Å². The number of carbonyl (C=O) groups excluding carboxylic acids is 2. The Bertz CT molecular complexity index is 830. The fraction of sp³-hybridized carbons (Fsp3) is 0.438. The molecular formula is C16H19N3O4S. The van der Waals surface area contributed by atoms with Crippen molar-refractivity contribution in [2.75, 3.05) is 19.3 Å². The van der Waals surface area contributed by atoms with Crippen molar-refractivity contribution in [3.05, 3.63) is 29.3 Å². The molecule has 0 fully saturated rings. The SMILES string of the molecule is CN1C(=O)CN=C1NC(=O)CCS(=O)(=O)c1ccc2c(c1)CCC2. The Labute approximate surface area is 140 Å². The summed E-state index contributed by atoms with van der Waals surface area (Å²) in [6.45, 7) is -0.000459. The molecule has 0 radical (unpaired) electrons. The van der Waals surface area contributed by atoms with Gasteiger partial charge in [-0.2, -0.15) is 0 Å². The highest BCUT2D eigenvalue weighted by Gasteiger charge is 2.24. The molecule has 0 aromatic heterocycles. The minimum atomic E-state index is -3.52. The number of fused-ring (bicyclic) bond motifs is 1. The second-order valence-electron chi connectivity index (χ2n) is 5.99. The van der Waals surface area contributed by atoms with Gasteiger partial charge in [0, 0.05) is 13.5 Å². The average molecular weight is 349 g/mol. The maximum atomic E-state index is 12.4. The van der Waals surface area contributed by atoms with Gasteiger partial charge in [-0.1, -0.05) is 6.07 Å². The number of aryl methyl sites for hydroxylation is 2. The minimum absolute atomic E-state index is 0.000459. The van der Waals surface area contributed by atoms with Gasteiger partial charge in [0.15, 0.2) is 9.84 Å². The lowest BCUT2D eigenvalue weighted by molar-refractivity contribution is -0.124. The van der Waals surface area contributed by atoms with Crippen LogP contribution in [0.2, 0.25) is 0 Å². The number of rotatable bonds is 4. The highest BCUT2D eigenvalue weighted by molar-refractivity contribution is 7.91. The summed E-state index contributed by atoms with van der Waals surface area (Å²) in [6, 6.07) is 5.21. The summed E-state index contributed by atoms with van der Waals surface area (Å²) in [5.74, 6) is -0.793. The first kappa shape index (κ1) is 16.6. The van der Waals surface area contributed by atoms with Crippen LogP contribution >= 0.6 is 0 Å². The summed E-state index contributed by atoms with van der Waals surface area (Å²) in [5, 5.41) is 2.48. The van der Waals surface area contributed by atoms with E-state index >= 15 is 0 Å². The van der Waals surface area contributed by atoms with Crippen LogP contribution in [-0.2, 0) is 32.3 Å². The molecule has 0 atom stereocenters. The second kappa shape index (κ2) is 6.35. The molecule has 3 rings (SSSR count). The van der Waals surface area contributed by atoms with Gasteiger partial charge < -0.3 is 0 Å². The van der Waals surface area contributed by atoms with Crippen LogP contribution in [0.3, 0.4) is 0 Å². The van der Waals surface area contributed by atoms with Crippen LogP contribution in [0.4, 0.5) is 0 Å². The number of sulfone groups is 1. The van der Waals surface area contributed by atoms with E-state index < -0.39 is 15.7 Å². The fourth-order valence-corrected chi connectivity index (χ4v) is 4.16. The van der Waals surface area contributed by atoms with E-state index in [1.165, 1.54) is 17.5 Å². The molecule has 1 aromatic rings. The quantitative estimate of drug-likeness (QED) is 0.845. The van der Waals surface area contributed by atoms with Gasteiger partial charge in [0.1, 0.15) is 6.54 Å². The number of guanidine groups is 1. The Morgan fingerprint density at radius 3 is 2.75 bits per heavy atom. The predicted molar refractivity (Wildman–Crippen MR) is 88.4 cm³/mol. The average Bonchev–Trinajstić information content (AvgIpc) is 3.14. The van der Waals surface area contributed by atoms with Crippen molar-refractivity contribution in [2.45, 2.75) is 30.6 Å². The Morgan fingerprint density at radius 2 is 2.04 bits per heavy atom. The molecule has 0 spiro atoms. The number of amides is 2. The molecule has 24 heavy (non-hydrogen) atoms. The summed E-state index contributed by atoms with van der Waals surface area (Å²) in [4.78, 5) is 28.6. The number of benzene rings is 1. The fourth-order valence-electron chi connectivity index (χ4n) is 2.87. The molecule has 2 amide bonds. The zero-order valence-electron chi connectivity index (χ0n) is 13.4. The van der Waals surface area contributed by atoms with Gasteiger partial charge in [-0.05, 0) is 42.5 Å². The monoisotopic (exact) mass is 349 g/mol. The maximum absolute atomic E-state index is 12.4. The highest BCUT2D eigenvalue weighted by atomic mass is 32.2. The van der Waals surface area contributed by atoms with Crippen LogP contribution in [0.25, 0.3) is 0 Å². The number of carbonyl (C=O) groups is 2. The Balaban J connectivity index is 1.61. The number of aliphatic imine (C=N–C) groups is 1. The first-order valence-electron chi connectivity index (χ1n) is 7.82. The zero-order valence-corrected chi connectivity index (χ0v) is 14.2. The molecule has 0 saturated heterocycles. The van der Waals surface area contributed by atoms with Gasteiger partial charge in [-0.15, -0.1) is 0 Å². The first-order chi connectivity index (χ1) is 11.4. The smallest absolute Gasteiger partial charge is 0.250 e. The molecule has 1 heterocycles. The number of hydrogen-bond donors (Lipinski definition) is 1. The van der Waals surface area contributed by atoms with Crippen molar-refractivity contribution in [3.63, 3.8) is 0 Å². The van der Waals surface area contributed by atoms with Crippen molar-refractivity contribution in [1.29, 1.82) is 0 Å². The van der Waals surface area contributed by atoms with Gasteiger partial charge in [-0.25, -0.2) is 13.4 Å². The Kier molecular flexibility index (Phi) is 4.40. The van der Waals surface area contributed by atoms with Gasteiger partial charge in [0.05, 0.1) is 10.6 Å². The topological polar surface area (TPSA) is 95.9 Å². The van der Waals surface area contributed by atoms with E-state index in [1.807, 2.05) is 6.07 Å². The predicted octanol–water partition coefficient (Wildman–Crippen LogP) is 0.283. The van der Waals surface area contributed by atoms with Crippen molar-refractivity contribution in [1.82, 2.24) is 10.2 Å². The lowest BCUT2D eigenvalue weighted by Gasteiger charge is -2.12. The Morgan fingerprint density at radius 1 is 1.29 bits per heavy atom. The number of nitrogens with one attached hydrogen (secondary N) is 1. The van der Waals surface area contributed by atoms with Gasteiger partial charge in [0.2, 0.25) is 11.9 Å². The normalized spacial score (nSPS) is 17.0. The van der Waals surface area contributed by atoms with E-state index in [2.05, 4.69) is 10.3 Å². The van der Waals surface area contributed by atoms with Crippen LogP contribution in [0, 0.1) is 0 Å². The Hall–Kier alpha value is -2.22. The van der Waals surface area contributed by atoms with Crippen LogP contribution in [0.15, 0.2) is 28.1 Å². The molecule has 1 aliphatic heterocycles. The molecule has 7 nitrogen and oxygen atoms in total. The third-order valence-electron chi connectivity index (χ3n) is 4.33. The summed E-state index contributed by atoms with van der Waals surface area (Å²) in [7, 11) is -2.01. The molecule has 1 aromatic carbocycles. The van der Waals surface area contributed by atoms with Crippen molar-refractivity contribution >= 4 is 27.6 Å². The largest absolute Gasteiger partial charge is 0.296 e. The van der Waals surface area contributed by atoms with Gasteiger partial charge >= 0.3 is 0 Å². The number of likely N-dealkylation sites (N-methyl/N-ethyl adjacent to an activating group) is 1. The second-order valence-corrected chi connectivity index (χ2v) is 8.10. The minimum Gasteiger partial charge on any atom is -0.296 e. The maximum Gasteiger partial charge on any atom is 0.250 e. The molecule has 128 valence electrons. The lowest BCUT2D eigenvalue weighted by atomic mass is 10.1.